The molecule has 0 saturated heterocycles. The number of fused-ring (bicyclic) bond motifs is 1. The third-order valence-electron chi connectivity index (χ3n) is 5.60. The van der Waals surface area contributed by atoms with Gasteiger partial charge in [-0.25, -0.2) is 9.78 Å². The van der Waals surface area contributed by atoms with Crippen molar-refractivity contribution in [2.24, 2.45) is 0 Å². The normalized spacial score (nSPS) is 13.9. The maximum Gasteiger partial charge on any atom is 0.321 e. The Morgan fingerprint density at radius 1 is 1.09 bits per heavy atom. The van der Waals surface area contributed by atoms with Crippen LogP contribution in [0.15, 0.2) is 58.5 Å². The average Bonchev–Trinajstić information content (AvgIpc) is 3.28. The fraction of sp³-hybridized carbons (Fsp3) is 0.333. The van der Waals surface area contributed by atoms with E-state index in [-0.39, 0.29) is 23.9 Å². The molecule has 0 spiro atoms. The number of carbonyl (C=O) groups excluding carboxylic acids is 2. The molecule has 1 fully saturated rings. The van der Waals surface area contributed by atoms with Crippen LogP contribution in [0.5, 0.6) is 0 Å². The second kappa shape index (κ2) is 9.99. The number of aryl methyl sites for hydroxylation is 1. The number of thioether (sulfide) groups is 1. The molecule has 1 heterocycles. The van der Waals surface area contributed by atoms with E-state index in [9.17, 15) is 14.4 Å². The van der Waals surface area contributed by atoms with Crippen molar-refractivity contribution in [1.29, 1.82) is 0 Å². The third-order valence-corrected chi connectivity index (χ3v) is 6.55. The Morgan fingerprint density at radius 3 is 2.59 bits per heavy atom. The van der Waals surface area contributed by atoms with Crippen LogP contribution in [0.2, 0.25) is 0 Å². The standard InChI is InChI=1S/C24H26N4O3S/c1-16-8-2-7-13-20(16)28-22(30)18-11-5-6-12-19(18)26-24(28)32-15-14-21(29)27-23(31)25-17-9-3-4-10-17/h2,5-8,11-13,17H,3-4,9-10,14-15H2,1H3,(H2,25,27,29,31). The molecular weight excluding hydrogens is 424 g/mol. The minimum atomic E-state index is -0.437. The molecule has 7 nitrogen and oxygen atoms in total. The lowest BCUT2D eigenvalue weighted by molar-refractivity contribution is -0.119. The van der Waals surface area contributed by atoms with Gasteiger partial charge in [0.1, 0.15) is 0 Å². The van der Waals surface area contributed by atoms with Gasteiger partial charge in [0.15, 0.2) is 5.16 Å². The summed E-state index contributed by atoms with van der Waals surface area (Å²) >= 11 is 1.33. The molecule has 1 saturated carbocycles. The first-order valence-electron chi connectivity index (χ1n) is 10.8. The number of para-hydroxylation sites is 2. The summed E-state index contributed by atoms with van der Waals surface area (Å²) in [5, 5.41) is 6.31. The molecule has 2 aromatic carbocycles. The summed E-state index contributed by atoms with van der Waals surface area (Å²) in [6, 6.07) is 14.6. The molecule has 3 aromatic rings. The van der Waals surface area contributed by atoms with Crippen LogP contribution in [0.25, 0.3) is 16.6 Å². The van der Waals surface area contributed by atoms with Gasteiger partial charge in [-0.3, -0.25) is 19.5 Å². The second-order valence-corrected chi connectivity index (χ2v) is 9.00. The highest BCUT2D eigenvalue weighted by molar-refractivity contribution is 7.99. The monoisotopic (exact) mass is 450 g/mol. The smallest absolute Gasteiger partial charge is 0.321 e. The molecule has 0 unspecified atom stereocenters. The van der Waals surface area contributed by atoms with Gasteiger partial charge in [-0.2, -0.15) is 0 Å². The van der Waals surface area contributed by atoms with Crippen LogP contribution < -0.4 is 16.2 Å². The van der Waals surface area contributed by atoms with Crippen LogP contribution in [-0.2, 0) is 4.79 Å². The Hall–Kier alpha value is -3.13. The highest BCUT2D eigenvalue weighted by atomic mass is 32.2. The molecule has 0 aliphatic heterocycles. The first kappa shape index (κ1) is 22.1. The van der Waals surface area contributed by atoms with Crippen molar-refractivity contribution < 1.29 is 9.59 Å². The maximum atomic E-state index is 13.3. The first-order chi connectivity index (χ1) is 15.5. The Kier molecular flexibility index (Phi) is 6.90. The molecular formula is C24H26N4O3S. The van der Waals surface area contributed by atoms with Gasteiger partial charge >= 0.3 is 6.03 Å². The topological polar surface area (TPSA) is 93.1 Å². The molecule has 1 aliphatic rings. The molecule has 0 radical (unpaired) electrons. The zero-order chi connectivity index (χ0) is 22.5. The van der Waals surface area contributed by atoms with Crippen molar-refractivity contribution in [2.45, 2.75) is 50.2 Å². The lowest BCUT2D eigenvalue weighted by Gasteiger charge is -2.15. The van der Waals surface area contributed by atoms with E-state index in [1.54, 1.807) is 10.6 Å². The van der Waals surface area contributed by atoms with Gasteiger partial charge in [0.05, 0.1) is 16.6 Å². The number of rotatable bonds is 6. The number of nitrogens with zero attached hydrogens (tertiary/aromatic N) is 2. The van der Waals surface area contributed by atoms with E-state index in [4.69, 9.17) is 4.98 Å². The highest BCUT2D eigenvalue weighted by Crippen LogP contribution is 2.23. The maximum absolute atomic E-state index is 13.3. The minimum absolute atomic E-state index is 0.138. The third kappa shape index (κ3) is 5.02. The summed E-state index contributed by atoms with van der Waals surface area (Å²) in [5.41, 5.74) is 2.19. The summed E-state index contributed by atoms with van der Waals surface area (Å²) in [6.45, 7) is 1.95. The van der Waals surface area contributed by atoms with Crippen molar-refractivity contribution in [3.05, 3.63) is 64.4 Å². The molecule has 0 bridgehead atoms. The van der Waals surface area contributed by atoms with Gasteiger partial charge in [-0.05, 0) is 43.5 Å². The summed E-state index contributed by atoms with van der Waals surface area (Å²) in [7, 11) is 0. The van der Waals surface area contributed by atoms with E-state index in [0.717, 1.165) is 36.9 Å². The van der Waals surface area contributed by atoms with Crippen LogP contribution in [0.3, 0.4) is 0 Å². The van der Waals surface area contributed by atoms with Gasteiger partial charge in [-0.15, -0.1) is 0 Å². The summed E-state index contributed by atoms with van der Waals surface area (Å²) in [5.74, 6) is 0.0396. The number of urea groups is 1. The molecule has 4 rings (SSSR count). The molecule has 1 aliphatic carbocycles. The number of benzene rings is 2. The average molecular weight is 451 g/mol. The summed E-state index contributed by atoms with van der Waals surface area (Å²) < 4.78 is 1.60. The van der Waals surface area contributed by atoms with Crippen molar-refractivity contribution in [1.82, 2.24) is 20.2 Å². The number of carbonyl (C=O) groups is 2. The van der Waals surface area contributed by atoms with E-state index in [1.165, 1.54) is 11.8 Å². The fourth-order valence-corrected chi connectivity index (χ4v) is 4.89. The Balaban J connectivity index is 1.49. The number of hydrogen-bond donors (Lipinski definition) is 2. The van der Waals surface area contributed by atoms with Crippen LogP contribution in [-0.4, -0.2) is 33.3 Å². The minimum Gasteiger partial charge on any atom is -0.335 e. The van der Waals surface area contributed by atoms with E-state index >= 15 is 0 Å². The number of nitrogens with one attached hydrogen (secondary N) is 2. The zero-order valence-corrected chi connectivity index (χ0v) is 18.8. The van der Waals surface area contributed by atoms with E-state index in [1.807, 2.05) is 49.4 Å². The highest BCUT2D eigenvalue weighted by Gasteiger charge is 2.19. The van der Waals surface area contributed by atoms with Gasteiger partial charge in [0.2, 0.25) is 5.91 Å². The number of hydrogen-bond acceptors (Lipinski definition) is 5. The van der Waals surface area contributed by atoms with Crippen LogP contribution in [0, 0.1) is 6.92 Å². The summed E-state index contributed by atoms with van der Waals surface area (Å²) in [6.07, 6.45) is 4.27. The largest absolute Gasteiger partial charge is 0.335 e. The van der Waals surface area contributed by atoms with Crippen LogP contribution >= 0.6 is 11.8 Å². The summed E-state index contributed by atoms with van der Waals surface area (Å²) in [4.78, 5) is 42.2. The molecule has 166 valence electrons. The Bertz CT molecular complexity index is 1200. The quantitative estimate of drug-likeness (QED) is 0.438. The van der Waals surface area contributed by atoms with Gasteiger partial charge in [0, 0.05) is 18.2 Å². The SMILES string of the molecule is Cc1ccccc1-n1c(SCCC(=O)NC(=O)NC2CCCC2)nc2ccccc2c1=O. The van der Waals surface area contributed by atoms with E-state index in [2.05, 4.69) is 10.6 Å². The van der Waals surface area contributed by atoms with Crippen molar-refractivity contribution in [3.8, 4) is 5.69 Å². The predicted octanol–water partition coefficient (Wildman–Crippen LogP) is 3.94. The molecule has 1 aromatic heterocycles. The van der Waals surface area contributed by atoms with Gasteiger partial charge < -0.3 is 5.32 Å². The van der Waals surface area contributed by atoms with Crippen molar-refractivity contribution >= 4 is 34.6 Å². The number of amides is 3. The molecule has 0 atom stereocenters. The fourth-order valence-electron chi connectivity index (χ4n) is 3.95. The number of aromatic nitrogens is 2. The van der Waals surface area contributed by atoms with Gasteiger partial charge in [0.25, 0.3) is 5.56 Å². The zero-order valence-electron chi connectivity index (χ0n) is 18.0. The molecule has 8 heteroatoms. The molecule has 32 heavy (non-hydrogen) atoms. The second-order valence-electron chi connectivity index (χ2n) is 7.94. The lowest BCUT2D eigenvalue weighted by Crippen LogP contribution is -2.43. The lowest BCUT2D eigenvalue weighted by atomic mass is 10.2. The van der Waals surface area contributed by atoms with Crippen molar-refractivity contribution in [3.63, 3.8) is 0 Å². The predicted molar refractivity (Wildman–Crippen MR) is 126 cm³/mol. The van der Waals surface area contributed by atoms with E-state index in [0.29, 0.717) is 21.8 Å². The van der Waals surface area contributed by atoms with Crippen LogP contribution in [0.1, 0.15) is 37.7 Å². The van der Waals surface area contributed by atoms with E-state index < -0.39 is 6.03 Å². The molecule has 2 N–H and O–H groups in total. The van der Waals surface area contributed by atoms with Crippen molar-refractivity contribution in [2.75, 3.05) is 5.75 Å². The van der Waals surface area contributed by atoms with Gasteiger partial charge in [-0.1, -0.05) is 54.9 Å². The van der Waals surface area contributed by atoms with Crippen LogP contribution in [0.4, 0.5) is 4.79 Å². The Morgan fingerprint density at radius 2 is 1.81 bits per heavy atom. The molecule has 3 amide bonds. The number of imide groups is 1. The Labute approximate surface area is 190 Å². The first-order valence-corrected chi connectivity index (χ1v) is 11.8.